The molecule has 0 aromatic heterocycles. The van der Waals surface area contributed by atoms with Crippen LogP contribution in [0, 0.1) is 0 Å². The van der Waals surface area contributed by atoms with Gasteiger partial charge < -0.3 is 14.8 Å². The lowest BCUT2D eigenvalue weighted by atomic mass is 9.90. The average Bonchev–Trinajstić information content (AvgIpc) is 3.29. The number of carbonyl (C=O) groups is 1. The van der Waals surface area contributed by atoms with Gasteiger partial charge in [0, 0.05) is 54.2 Å². The number of nitrogens with zero attached hydrogens (tertiary/aromatic N) is 1. The van der Waals surface area contributed by atoms with Crippen LogP contribution in [0.3, 0.4) is 0 Å². The number of nitrogens with one attached hydrogen (secondary N) is 1. The molecule has 0 bridgehead atoms. The summed E-state index contributed by atoms with van der Waals surface area (Å²) in [7, 11) is 1.91. The fraction of sp³-hybridized carbons (Fsp3) is 0.649. The third kappa shape index (κ3) is 19.0. The second-order valence-corrected chi connectivity index (χ2v) is 18.6. The van der Waals surface area contributed by atoms with Gasteiger partial charge in [0.05, 0.1) is 11.6 Å². The molecule has 0 unspecified atom stereocenters. The van der Waals surface area contributed by atoms with Crippen LogP contribution in [0.1, 0.15) is 230 Å². The molecule has 1 aliphatic carbocycles. The highest BCUT2D eigenvalue weighted by Crippen LogP contribution is 2.41. The maximum absolute atomic E-state index is 12.4. The summed E-state index contributed by atoms with van der Waals surface area (Å²) in [5, 5.41) is 15.6. The Bertz CT molecular complexity index is 1790. The van der Waals surface area contributed by atoms with E-state index < -0.39 is 5.97 Å². The highest BCUT2D eigenvalue weighted by Gasteiger charge is 2.22. The maximum Gasteiger partial charge on any atom is 0.336 e. The number of unbranched alkanes of at least 4 members (excludes halogenated alkanes) is 30. The van der Waals surface area contributed by atoms with E-state index in [1.165, 1.54) is 211 Å². The van der Waals surface area contributed by atoms with Gasteiger partial charge in [0.2, 0.25) is 5.36 Å². The van der Waals surface area contributed by atoms with Crippen molar-refractivity contribution in [2.75, 3.05) is 25.5 Å². The van der Waals surface area contributed by atoms with Crippen LogP contribution in [0.15, 0.2) is 65.1 Å². The summed E-state index contributed by atoms with van der Waals surface area (Å²) in [6, 6.07) is 20.1. The summed E-state index contributed by atoms with van der Waals surface area (Å²) < 4.78 is 9.30. The van der Waals surface area contributed by atoms with Gasteiger partial charge in [-0.25, -0.2) is 9.37 Å². The molecule has 1 heterocycles. The Morgan fingerprint density at radius 1 is 0.516 bits per heavy atom. The number of anilines is 1. The Labute approximate surface area is 378 Å². The quantitative estimate of drug-likeness (QED) is 0.0269. The first-order valence-electron chi connectivity index (χ1n) is 26.2. The second kappa shape index (κ2) is 32.1. The lowest BCUT2D eigenvalue weighted by Crippen LogP contribution is -2.32. The number of hydrogen-bond donors (Lipinski definition) is 2. The van der Waals surface area contributed by atoms with E-state index in [-0.39, 0.29) is 0 Å². The molecule has 5 nitrogen and oxygen atoms in total. The molecule has 344 valence electrons. The van der Waals surface area contributed by atoms with E-state index in [1.54, 1.807) is 12.1 Å². The predicted molar refractivity (Wildman–Crippen MR) is 269 cm³/mol. The molecule has 0 atom stereocenters. The third-order valence-electron chi connectivity index (χ3n) is 13.3. The van der Waals surface area contributed by atoms with Crippen molar-refractivity contribution >= 4 is 22.6 Å². The first kappa shape index (κ1) is 51.0. The number of hydrogen-bond acceptors (Lipinski definition) is 3. The molecule has 2 aromatic carbocycles. The normalized spacial score (nSPS) is 11.5. The standard InChI is InChI=1S/C57H88N2O3/c1-4-6-8-10-12-14-16-18-20-22-24-26-28-30-32-36-44-59(45-37-33-31-29-27-25-23-21-19-17-15-13-11-9-7-5-2)49-41-43-53-55(47-49)62-54-46-48(58-3)40-42-52(54)56(53)50-38-34-35-39-51(50)57(60)61/h34-35,38-43,46-47H,4-33,36-37,44-45H2,1-3H3,(H,60,61)/p+1. The van der Waals surface area contributed by atoms with Gasteiger partial charge in [0.15, 0.2) is 0 Å². The Balaban J connectivity index is 1.34. The van der Waals surface area contributed by atoms with Crippen LogP contribution in [-0.2, 0) is 0 Å². The maximum atomic E-state index is 12.4. The number of aromatic carboxylic acids is 1. The van der Waals surface area contributed by atoms with E-state index in [0.717, 1.165) is 46.6 Å². The molecule has 0 saturated carbocycles. The Morgan fingerprint density at radius 2 is 0.952 bits per heavy atom. The molecule has 5 heteroatoms. The van der Waals surface area contributed by atoms with E-state index in [2.05, 4.69) is 41.9 Å². The van der Waals surface area contributed by atoms with Crippen LogP contribution in [0.25, 0.3) is 33.4 Å². The molecule has 0 radical (unpaired) electrons. The highest BCUT2D eigenvalue weighted by atomic mass is 16.4. The number of carboxylic acids is 1. The second-order valence-electron chi connectivity index (χ2n) is 18.6. The minimum atomic E-state index is -0.921. The minimum absolute atomic E-state index is 0.302. The molecule has 2 N–H and O–H groups in total. The van der Waals surface area contributed by atoms with E-state index in [9.17, 15) is 9.90 Å². The number of fused-ring (bicyclic) bond motifs is 2. The molecule has 1 aliphatic heterocycles. The van der Waals surface area contributed by atoms with Crippen LogP contribution in [0.4, 0.5) is 5.69 Å². The van der Waals surface area contributed by atoms with E-state index in [4.69, 9.17) is 4.42 Å². The fourth-order valence-electron chi connectivity index (χ4n) is 9.48. The lowest BCUT2D eigenvalue weighted by molar-refractivity contribution is 0.0697. The fourth-order valence-corrected chi connectivity index (χ4v) is 9.48. The first-order chi connectivity index (χ1) is 30.6. The van der Waals surface area contributed by atoms with Crippen molar-refractivity contribution in [1.82, 2.24) is 4.58 Å². The van der Waals surface area contributed by atoms with E-state index >= 15 is 0 Å². The van der Waals surface area contributed by atoms with Crippen molar-refractivity contribution in [1.29, 1.82) is 0 Å². The van der Waals surface area contributed by atoms with Crippen molar-refractivity contribution in [2.45, 2.75) is 219 Å². The molecule has 0 amide bonds. The summed E-state index contributed by atoms with van der Waals surface area (Å²) >= 11 is 0. The van der Waals surface area contributed by atoms with Gasteiger partial charge in [0.25, 0.3) is 0 Å². The topological polar surface area (TPSA) is 65.5 Å². The Hall–Kier alpha value is -3.60. The zero-order valence-corrected chi connectivity index (χ0v) is 40.0. The summed E-state index contributed by atoms with van der Waals surface area (Å²) in [6.07, 6.45) is 44.2. The summed E-state index contributed by atoms with van der Waals surface area (Å²) in [5.41, 5.74) is 4.58. The van der Waals surface area contributed by atoms with Crippen molar-refractivity contribution in [3.05, 3.63) is 71.6 Å². The SMILES string of the molecule is CCCCCCCCCCCCCCCCCC[N+](CCCCCCCCCCCCCCCCCC)=c1ccc2c(-c3ccccc3C(=O)O)c3ccc(NC)cc3oc-2c1. The molecular weight excluding hydrogens is 761 g/mol. The molecule has 0 spiro atoms. The van der Waals surface area contributed by atoms with Gasteiger partial charge in [-0.2, -0.15) is 0 Å². The van der Waals surface area contributed by atoms with Crippen LogP contribution in [0.2, 0.25) is 0 Å². The van der Waals surface area contributed by atoms with Crippen LogP contribution in [0.5, 0.6) is 0 Å². The van der Waals surface area contributed by atoms with Crippen LogP contribution >= 0.6 is 0 Å². The number of rotatable bonds is 37. The number of benzene rings is 3. The molecule has 0 saturated heterocycles. The summed E-state index contributed by atoms with van der Waals surface area (Å²) in [4.78, 5) is 12.4. The van der Waals surface area contributed by atoms with Gasteiger partial charge in [-0.1, -0.05) is 212 Å². The zero-order chi connectivity index (χ0) is 43.9. The van der Waals surface area contributed by atoms with Crippen molar-refractivity contribution in [2.24, 2.45) is 0 Å². The summed E-state index contributed by atoms with van der Waals surface area (Å²) in [6.45, 7) is 6.70. The molecule has 2 aromatic rings. The van der Waals surface area contributed by atoms with Gasteiger partial charge >= 0.3 is 5.97 Å². The lowest BCUT2D eigenvalue weighted by Gasteiger charge is -2.17. The van der Waals surface area contributed by atoms with Gasteiger partial charge in [-0.15, -0.1) is 0 Å². The monoisotopic (exact) mass is 850 g/mol. The zero-order valence-electron chi connectivity index (χ0n) is 40.0. The molecule has 4 rings (SSSR count). The van der Waals surface area contributed by atoms with Crippen molar-refractivity contribution < 1.29 is 14.3 Å². The largest absolute Gasteiger partial charge is 0.478 e. The Morgan fingerprint density at radius 3 is 1.39 bits per heavy atom. The van der Waals surface area contributed by atoms with Gasteiger partial charge in [-0.05, 0) is 42.7 Å². The molecule has 2 aliphatic rings. The third-order valence-corrected chi connectivity index (χ3v) is 13.3. The molecule has 0 fully saturated rings. The van der Waals surface area contributed by atoms with E-state index in [0.29, 0.717) is 11.1 Å². The minimum Gasteiger partial charge on any atom is -0.478 e. The van der Waals surface area contributed by atoms with Crippen molar-refractivity contribution in [3.63, 3.8) is 0 Å². The first-order valence-corrected chi connectivity index (χ1v) is 26.2. The Kier molecular flexibility index (Phi) is 26.4. The summed E-state index contributed by atoms with van der Waals surface area (Å²) in [5.74, 6) is -0.127. The van der Waals surface area contributed by atoms with Gasteiger partial charge in [-0.3, -0.25) is 0 Å². The van der Waals surface area contributed by atoms with Crippen LogP contribution < -0.4 is 15.2 Å². The van der Waals surface area contributed by atoms with Crippen molar-refractivity contribution in [3.8, 4) is 22.5 Å². The molecular formula is C57H89N2O3+. The predicted octanol–water partition coefficient (Wildman–Crippen LogP) is 17.2. The smallest absolute Gasteiger partial charge is 0.336 e. The van der Waals surface area contributed by atoms with E-state index in [1.807, 2.05) is 37.4 Å². The average molecular weight is 850 g/mol. The van der Waals surface area contributed by atoms with Crippen LogP contribution in [-0.4, -0.2) is 31.2 Å². The van der Waals surface area contributed by atoms with Gasteiger partial charge in [0.1, 0.15) is 24.4 Å². The highest BCUT2D eigenvalue weighted by molar-refractivity contribution is 6.07. The number of carboxylic acid groups (broad SMARTS) is 1. The molecule has 62 heavy (non-hydrogen) atoms.